The Hall–Kier alpha value is -0.780. The monoisotopic (exact) mass is 136 g/mol. The predicted octanol–water partition coefficient (Wildman–Crippen LogP) is 3.48. The Bertz CT molecular complexity index is 159. The van der Waals surface area contributed by atoms with Gasteiger partial charge in [-0.2, -0.15) is 0 Å². The van der Waals surface area contributed by atoms with Crippen molar-refractivity contribution in [2.75, 3.05) is 0 Å². The highest BCUT2D eigenvalue weighted by molar-refractivity contribution is 5.33. The zero-order valence-electron chi connectivity index (χ0n) is 7.15. The summed E-state index contributed by atoms with van der Waals surface area (Å²) in [6.45, 7) is 10.1. The van der Waals surface area contributed by atoms with Crippen molar-refractivity contribution in [3.05, 3.63) is 36.0 Å². The topological polar surface area (TPSA) is 0 Å². The van der Waals surface area contributed by atoms with E-state index in [4.69, 9.17) is 0 Å². The molecule has 0 spiro atoms. The van der Waals surface area contributed by atoms with E-state index in [0.717, 1.165) is 6.42 Å². The molecule has 10 heavy (non-hydrogen) atoms. The summed E-state index contributed by atoms with van der Waals surface area (Å²) in [5.41, 5.74) is 2.65. The highest BCUT2D eigenvalue weighted by Gasteiger charge is 1.89. The van der Waals surface area contributed by atoms with Crippen LogP contribution in [-0.4, -0.2) is 0 Å². The molecule has 0 fully saturated rings. The second-order valence-corrected chi connectivity index (χ2v) is 2.29. The van der Waals surface area contributed by atoms with Gasteiger partial charge in [0.15, 0.2) is 0 Å². The van der Waals surface area contributed by atoms with E-state index in [0.29, 0.717) is 0 Å². The maximum absolute atomic E-state index is 3.74. The van der Waals surface area contributed by atoms with Gasteiger partial charge in [-0.3, -0.25) is 0 Å². The van der Waals surface area contributed by atoms with E-state index in [2.05, 4.69) is 26.5 Å². The molecular weight excluding hydrogens is 120 g/mol. The molecule has 56 valence electrons. The van der Waals surface area contributed by atoms with Crippen molar-refractivity contribution in [2.24, 2.45) is 0 Å². The van der Waals surface area contributed by atoms with Crippen molar-refractivity contribution < 1.29 is 0 Å². The zero-order valence-corrected chi connectivity index (χ0v) is 7.15. The van der Waals surface area contributed by atoms with Crippen molar-refractivity contribution >= 4 is 0 Å². The molecule has 0 heterocycles. The molecule has 0 aliphatic rings. The molecular formula is C10H16. The van der Waals surface area contributed by atoms with Crippen LogP contribution < -0.4 is 0 Å². The second-order valence-electron chi connectivity index (χ2n) is 2.29. The van der Waals surface area contributed by atoms with Gasteiger partial charge in [0.05, 0.1) is 0 Å². The van der Waals surface area contributed by atoms with Crippen molar-refractivity contribution in [2.45, 2.75) is 27.2 Å². The van der Waals surface area contributed by atoms with E-state index in [-0.39, 0.29) is 0 Å². The minimum Gasteiger partial charge on any atom is -0.0985 e. The minimum atomic E-state index is 1.10. The van der Waals surface area contributed by atoms with E-state index in [1.807, 2.05) is 19.1 Å². The Morgan fingerprint density at radius 2 is 2.10 bits per heavy atom. The molecule has 0 amide bonds. The van der Waals surface area contributed by atoms with Gasteiger partial charge in [-0.15, -0.1) is 0 Å². The third-order valence-electron chi connectivity index (χ3n) is 1.59. The Morgan fingerprint density at radius 1 is 1.50 bits per heavy atom. The van der Waals surface area contributed by atoms with Crippen molar-refractivity contribution in [1.82, 2.24) is 0 Å². The molecule has 0 unspecified atom stereocenters. The fourth-order valence-electron chi connectivity index (χ4n) is 0.768. The lowest BCUT2D eigenvalue weighted by Gasteiger charge is -1.98. The van der Waals surface area contributed by atoms with Gasteiger partial charge < -0.3 is 0 Å². The average Bonchev–Trinajstić information content (AvgIpc) is 1.99. The molecule has 0 heteroatoms. The van der Waals surface area contributed by atoms with Crippen LogP contribution in [0.1, 0.15) is 27.2 Å². The van der Waals surface area contributed by atoms with Crippen LogP contribution >= 0.6 is 0 Å². The van der Waals surface area contributed by atoms with E-state index >= 15 is 0 Å². The molecule has 0 aromatic heterocycles. The van der Waals surface area contributed by atoms with Crippen LogP contribution in [0.5, 0.6) is 0 Å². The van der Waals surface area contributed by atoms with Crippen molar-refractivity contribution in [3.63, 3.8) is 0 Å². The Morgan fingerprint density at radius 3 is 2.40 bits per heavy atom. The molecule has 0 saturated heterocycles. The van der Waals surface area contributed by atoms with Gasteiger partial charge in [-0.1, -0.05) is 37.3 Å². The molecule has 0 aromatic carbocycles. The predicted molar refractivity (Wildman–Crippen MR) is 48.0 cm³/mol. The van der Waals surface area contributed by atoms with Gasteiger partial charge in [-0.25, -0.2) is 0 Å². The first kappa shape index (κ1) is 9.22. The van der Waals surface area contributed by atoms with Gasteiger partial charge in [0.1, 0.15) is 0 Å². The molecule has 0 atom stereocenters. The third-order valence-corrected chi connectivity index (χ3v) is 1.59. The Balaban J connectivity index is 4.44. The Labute approximate surface area is 64.0 Å². The van der Waals surface area contributed by atoms with Crippen LogP contribution in [0.25, 0.3) is 0 Å². The standard InChI is InChI=1S/C10H16/c1-5-8-10(7-3)9(4)6-2/h5,7-8H,3,6H2,1-2,4H3/b8-5-,10-9-. The summed E-state index contributed by atoms with van der Waals surface area (Å²) >= 11 is 0. The van der Waals surface area contributed by atoms with Crippen LogP contribution in [0, 0.1) is 0 Å². The number of rotatable bonds is 3. The smallest absolute Gasteiger partial charge is 0.0277 e. The van der Waals surface area contributed by atoms with E-state index in [1.54, 1.807) is 0 Å². The summed E-state index contributed by atoms with van der Waals surface area (Å²) in [7, 11) is 0. The van der Waals surface area contributed by atoms with Crippen LogP contribution in [0.15, 0.2) is 36.0 Å². The zero-order chi connectivity index (χ0) is 7.98. The van der Waals surface area contributed by atoms with E-state index in [1.165, 1.54) is 11.1 Å². The summed E-state index contributed by atoms with van der Waals surface area (Å²) in [6.07, 6.45) is 7.13. The normalized spacial score (nSPS) is 13.5. The van der Waals surface area contributed by atoms with Gasteiger partial charge in [0.2, 0.25) is 0 Å². The lowest BCUT2D eigenvalue weighted by atomic mass is 10.1. The number of hydrogen-bond acceptors (Lipinski definition) is 0. The first-order valence-electron chi connectivity index (χ1n) is 3.71. The fourth-order valence-corrected chi connectivity index (χ4v) is 0.768. The van der Waals surface area contributed by atoms with Crippen LogP contribution in [0.4, 0.5) is 0 Å². The maximum atomic E-state index is 3.74. The molecule has 0 saturated carbocycles. The van der Waals surface area contributed by atoms with Gasteiger partial charge >= 0.3 is 0 Å². The second kappa shape index (κ2) is 5.04. The molecule has 0 rings (SSSR count). The maximum Gasteiger partial charge on any atom is -0.0277 e. The first-order chi connectivity index (χ1) is 4.76. The van der Waals surface area contributed by atoms with Crippen LogP contribution in [-0.2, 0) is 0 Å². The number of hydrogen-bond donors (Lipinski definition) is 0. The van der Waals surface area contributed by atoms with Gasteiger partial charge in [0.25, 0.3) is 0 Å². The van der Waals surface area contributed by atoms with Gasteiger partial charge in [-0.05, 0) is 25.8 Å². The van der Waals surface area contributed by atoms with E-state index in [9.17, 15) is 0 Å². The molecule has 0 nitrogen and oxygen atoms in total. The largest absolute Gasteiger partial charge is 0.0985 e. The van der Waals surface area contributed by atoms with E-state index < -0.39 is 0 Å². The third kappa shape index (κ3) is 2.67. The Kier molecular flexibility index (Phi) is 4.65. The molecule has 0 aromatic rings. The molecule has 0 N–H and O–H groups in total. The fraction of sp³-hybridized carbons (Fsp3) is 0.400. The van der Waals surface area contributed by atoms with Crippen molar-refractivity contribution in [3.8, 4) is 0 Å². The number of allylic oxidation sites excluding steroid dienone is 5. The van der Waals surface area contributed by atoms with Crippen LogP contribution in [0.3, 0.4) is 0 Å². The SMILES string of the molecule is C=CC(/C=C\C)=C(\C)CC. The molecule has 0 bridgehead atoms. The molecule has 0 radical (unpaired) electrons. The minimum absolute atomic E-state index is 1.10. The van der Waals surface area contributed by atoms with Gasteiger partial charge in [0, 0.05) is 0 Å². The summed E-state index contributed by atoms with van der Waals surface area (Å²) in [5.74, 6) is 0. The molecule has 0 aliphatic carbocycles. The summed E-state index contributed by atoms with van der Waals surface area (Å²) < 4.78 is 0. The highest BCUT2D eigenvalue weighted by Crippen LogP contribution is 2.09. The highest BCUT2D eigenvalue weighted by atomic mass is 13.9. The van der Waals surface area contributed by atoms with Crippen LogP contribution in [0.2, 0.25) is 0 Å². The first-order valence-corrected chi connectivity index (χ1v) is 3.71. The quantitative estimate of drug-likeness (QED) is 0.521. The summed E-state index contributed by atoms with van der Waals surface area (Å²) in [4.78, 5) is 0. The van der Waals surface area contributed by atoms with Crippen molar-refractivity contribution in [1.29, 1.82) is 0 Å². The lowest BCUT2D eigenvalue weighted by Crippen LogP contribution is -1.78. The average molecular weight is 136 g/mol. The summed E-state index contributed by atoms with van der Waals surface area (Å²) in [5, 5.41) is 0. The lowest BCUT2D eigenvalue weighted by molar-refractivity contribution is 1.08. The molecule has 0 aliphatic heterocycles. The summed E-state index contributed by atoms with van der Waals surface area (Å²) in [6, 6.07) is 0.